The van der Waals surface area contributed by atoms with Crippen molar-refractivity contribution in [3.63, 3.8) is 0 Å². The van der Waals surface area contributed by atoms with Crippen molar-refractivity contribution in [3.05, 3.63) is 29.1 Å². The van der Waals surface area contributed by atoms with Crippen LogP contribution in [0.25, 0.3) is 0 Å². The number of sulfone groups is 1. The third-order valence-corrected chi connectivity index (χ3v) is 5.07. The van der Waals surface area contributed by atoms with Crippen LogP contribution in [0.1, 0.15) is 34.6 Å². The van der Waals surface area contributed by atoms with Crippen molar-refractivity contribution in [1.29, 1.82) is 0 Å². The van der Waals surface area contributed by atoms with Crippen molar-refractivity contribution in [2.75, 3.05) is 5.75 Å². The molecule has 4 nitrogen and oxygen atoms in total. The molecule has 142 valence electrons. The van der Waals surface area contributed by atoms with Gasteiger partial charge in [0.1, 0.15) is 10.5 Å². The molecule has 0 radical (unpaired) electrons. The molecule has 0 aromatic heterocycles. The molecule has 1 aromatic carbocycles. The molecule has 0 N–H and O–H groups in total. The van der Waals surface area contributed by atoms with E-state index in [0.717, 1.165) is 13.8 Å². The molecule has 0 unspecified atom stereocenters. The molecule has 0 aliphatic rings. The molecule has 1 aromatic rings. The van der Waals surface area contributed by atoms with E-state index in [1.807, 2.05) is 0 Å². The first kappa shape index (κ1) is 21.3. The summed E-state index contributed by atoms with van der Waals surface area (Å²) >= 11 is 0. The van der Waals surface area contributed by atoms with E-state index in [0.29, 0.717) is 0 Å². The van der Waals surface area contributed by atoms with Gasteiger partial charge in [0, 0.05) is 0 Å². The molecule has 25 heavy (non-hydrogen) atoms. The van der Waals surface area contributed by atoms with Gasteiger partial charge in [-0.1, -0.05) is 0 Å². The van der Waals surface area contributed by atoms with E-state index in [1.54, 1.807) is 0 Å². The minimum Gasteiger partial charge on any atom is -0.460 e. The summed E-state index contributed by atoms with van der Waals surface area (Å²) < 4.78 is 96.4. The number of esters is 1. The van der Waals surface area contributed by atoms with Crippen LogP contribution in [0.2, 0.25) is 0 Å². The monoisotopic (exact) mass is 388 g/mol. The van der Waals surface area contributed by atoms with E-state index < -0.39 is 66.6 Å². The fourth-order valence-corrected chi connectivity index (χ4v) is 3.82. The summed E-state index contributed by atoms with van der Waals surface area (Å²) in [6.45, 7) is 6.77. The predicted molar refractivity (Wildman–Crippen MR) is 77.9 cm³/mol. The van der Waals surface area contributed by atoms with Gasteiger partial charge >= 0.3 is 5.97 Å². The number of ether oxygens (including phenoxy) is 1. The van der Waals surface area contributed by atoms with Crippen LogP contribution in [0, 0.1) is 34.5 Å². The highest BCUT2D eigenvalue weighted by Crippen LogP contribution is 2.32. The number of hydrogen-bond acceptors (Lipinski definition) is 4. The SMILES string of the molecule is CC(C)(C)OC(=O)C(C)(C)CS(=O)(=O)c1c(F)c(F)c(F)c(F)c1F. The Bertz CT molecular complexity index is 781. The lowest BCUT2D eigenvalue weighted by molar-refractivity contribution is -0.164. The van der Waals surface area contributed by atoms with Gasteiger partial charge in [-0.3, -0.25) is 4.79 Å². The Labute approximate surface area is 141 Å². The third kappa shape index (κ3) is 4.47. The third-order valence-electron chi connectivity index (χ3n) is 2.98. The normalized spacial score (nSPS) is 13.0. The zero-order valence-corrected chi connectivity index (χ0v) is 15.0. The summed E-state index contributed by atoms with van der Waals surface area (Å²) in [4.78, 5) is 10.1. The molecule has 1 rings (SSSR count). The van der Waals surface area contributed by atoms with Crippen molar-refractivity contribution >= 4 is 15.8 Å². The van der Waals surface area contributed by atoms with Crippen molar-refractivity contribution in [1.82, 2.24) is 0 Å². The molecule has 0 aliphatic carbocycles. The largest absolute Gasteiger partial charge is 0.460 e. The highest BCUT2D eigenvalue weighted by molar-refractivity contribution is 7.91. The van der Waals surface area contributed by atoms with E-state index in [4.69, 9.17) is 4.74 Å². The molecule has 0 heterocycles. The van der Waals surface area contributed by atoms with Crippen LogP contribution in [0.15, 0.2) is 4.90 Å². The highest BCUT2D eigenvalue weighted by Gasteiger charge is 2.41. The van der Waals surface area contributed by atoms with Crippen LogP contribution in [-0.4, -0.2) is 25.7 Å². The van der Waals surface area contributed by atoms with Crippen molar-refractivity contribution in [2.24, 2.45) is 5.41 Å². The van der Waals surface area contributed by atoms with Gasteiger partial charge in [-0.25, -0.2) is 30.4 Å². The molecule has 0 aliphatic heterocycles. The number of halogens is 5. The van der Waals surface area contributed by atoms with Crippen LogP contribution in [0.5, 0.6) is 0 Å². The zero-order chi connectivity index (χ0) is 20.0. The second-order valence-corrected chi connectivity index (χ2v) is 8.97. The molecule has 0 bridgehead atoms. The van der Waals surface area contributed by atoms with Crippen LogP contribution in [-0.2, 0) is 19.4 Å². The number of carbonyl (C=O) groups excluding carboxylic acids is 1. The molecule has 10 heteroatoms. The average Bonchev–Trinajstić information content (AvgIpc) is 2.39. The Morgan fingerprint density at radius 1 is 0.840 bits per heavy atom. The average molecular weight is 388 g/mol. The molecular formula is C15H17F5O4S. The summed E-state index contributed by atoms with van der Waals surface area (Å²) in [5.41, 5.74) is -2.77. The molecule has 0 saturated carbocycles. The van der Waals surface area contributed by atoms with Crippen LogP contribution in [0.4, 0.5) is 22.0 Å². The lowest BCUT2D eigenvalue weighted by atomic mass is 9.96. The van der Waals surface area contributed by atoms with Crippen molar-refractivity contribution in [2.45, 2.75) is 45.1 Å². The fourth-order valence-electron chi connectivity index (χ4n) is 1.88. The first-order chi connectivity index (χ1) is 11.0. The molecule has 0 amide bonds. The minimum absolute atomic E-state index is 0.970. The molecular weight excluding hydrogens is 371 g/mol. The Morgan fingerprint density at radius 3 is 1.56 bits per heavy atom. The standard InChI is InChI=1S/C15H17F5O4S/c1-14(2,3)24-13(21)15(4,5)6-25(22,23)12-10(19)8(17)7(16)9(18)11(12)20/h6H2,1-5H3. The fraction of sp³-hybridized carbons (Fsp3) is 0.533. The van der Waals surface area contributed by atoms with E-state index >= 15 is 0 Å². The van der Waals surface area contributed by atoms with Gasteiger partial charge in [0.25, 0.3) is 0 Å². The van der Waals surface area contributed by atoms with E-state index in [1.165, 1.54) is 20.8 Å². The Hall–Kier alpha value is -1.71. The van der Waals surface area contributed by atoms with Crippen LogP contribution >= 0.6 is 0 Å². The lowest BCUT2D eigenvalue weighted by Gasteiger charge is -2.28. The summed E-state index contributed by atoms with van der Waals surface area (Å²) in [6, 6.07) is 0. The maximum Gasteiger partial charge on any atom is 0.313 e. The Kier molecular flexibility index (Phi) is 5.58. The summed E-state index contributed by atoms with van der Waals surface area (Å²) in [5, 5.41) is 0. The molecule has 0 spiro atoms. The first-order valence-electron chi connectivity index (χ1n) is 6.99. The van der Waals surface area contributed by atoms with E-state index in [9.17, 15) is 35.2 Å². The number of rotatable bonds is 4. The lowest BCUT2D eigenvalue weighted by Crippen LogP contribution is -2.38. The van der Waals surface area contributed by atoms with Gasteiger partial charge in [0.15, 0.2) is 33.1 Å². The van der Waals surface area contributed by atoms with E-state index in [2.05, 4.69) is 0 Å². The van der Waals surface area contributed by atoms with Gasteiger partial charge < -0.3 is 4.74 Å². The van der Waals surface area contributed by atoms with Crippen LogP contribution < -0.4 is 0 Å². The number of hydrogen-bond donors (Lipinski definition) is 0. The van der Waals surface area contributed by atoms with Crippen LogP contribution in [0.3, 0.4) is 0 Å². The van der Waals surface area contributed by atoms with Gasteiger partial charge in [0.05, 0.1) is 11.2 Å². The maximum atomic E-state index is 13.7. The molecule has 0 fully saturated rings. The van der Waals surface area contributed by atoms with Gasteiger partial charge in [-0.2, -0.15) is 0 Å². The first-order valence-corrected chi connectivity index (χ1v) is 8.64. The second kappa shape index (κ2) is 6.54. The Balaban J connectivity index is 3.39. The van der Waals surface area contributed by atoms with Crippen molar-refractivity contribution in [3.8, 4) is 0 Å². The number of benzene rings is 1. The smallest absolute Gasteiger partial charge is 0.313 e. The quantitative estimate of drug-likeness (QED) is 0.260. The second-order valence-electron chi connectivity index (χ2n) is 7.04. The molecule has 0 saturated heterocycles. The highest BCUT2D eigenvalue weighted by atomic mass is 32.2. The van der Waals surface area contributed by atoms with Gasteiger partial charge in [-0.05, 0) is 34.6 Å². The predicted octanol–water partition coefficient (Wildman–Crippen LogP) is 3.52. The van der Waals surface area contributed by atoms with Gasteiger partial charge in [-0.15, -0.1) is 0 Å². The number of carbonyl (C=O) groups is 1. The summed E-state index contributed by atoms with van der Waals surface area (Å²) in [6.07, 6.45) is 0. The molecule has 0 atom stereocenters. The van der Waals surface area contributed by atoms with Crippen molar-refractivity contribution < 1.29 is 39.9 Å². The van der Waals surface area contributed by atoms with E-state index in [-0.39, 0.29) is 0 Å². The topological polar surface area (TPSA) is 60.4 Å². The minimum atomic E-state index is -5.04. The van der Waals surface area contributed by atoms with Gasteiger partial charge in [0.2, 0.25) is 5.82 Å². The summed E-state index contributed by atoms with van der Waals surface area (Å²) in [7, 11) is -5.04. The zero-order valence-electron chi connectivity index (χ0n) is 14.1. The maximum absolute atomic E-state index is 13.7. The Morgan fingerprint density at radius 2 is 1.20 bits per heavy atom. The summed E-state index contributed by atoms with van der Waals surface area (Å²) in [5.74, 6) is -14.4.